The Balaban J connectivity index is 1.21. The normalized spacial score (nSPS) is 21.3. The second-order valence-electron chi connectivity index (χ2n) is 12.1. The Morgan fingerprint density at radius 1 is 1.07 bits per heavy atom. The van der Waals surface area contributed by atoms with E-state index in [1.807, 2.05) is 30.1 Å². The van der Waals surface area contributed by atoms with Crippen molar-refractivity contribution in [2.45, 2.75) is 44.3 Å². The van der Waals surface area contributed by atoms with Crippen LogP contribution in [-0.4, -0.2) is 65.6 Å². The van der Waals surface area contributed by atoms with Crippen molar-refractivity contribution in [3.05, 3.63) is 48.3 Å². The number of ether oxygens (including phenoxy) is 1. The van der Waals surface area contributed by atoms with Gasteiger partial charge in [-0.3, -0.25) is 4.79 Å². The van der Waals surface area contributed by atoms with Gasteiger partial charge in [-0.05, 0) is 67.9 Å². The van der Waals surface area contributed by atoms with Crippen LogP contribution in [0.1, 0.15) is 36.0 Å². The van der Waals surface area contributed by atoms with Crippen LogP contribution in [0.5, 0.6) is 5.75 Å². The summed E-state index contributed by atoms with van der Waals surface area (Å²) in [5, 5.41) is 4.26. The molecule has 2 bridgehead atoms. The van der Waals surface area contributed by atoms with Crippen LogP contribution in [0.25, 0.3) is 33.6 Å². The van der Waals surface area contributed by atoms with Crippen molar-refractivity contribution in [3.63, 3.8) is 0 Å². The fourth-order valence-electron chi connectivity index (χ4n) is 6.96. The summed E-state index contributed by atoms with van der Waals surface area (Å²) >= 11 is 0. The Morgan fingerprint density at radius 3 is 2.65 bits per heavy atom. The topological polar surface area (TPSA) is 155 Å². The van der Waals surface area contributed by atoms with Crippen molar-refractivity contribution in [1.82, 2.24) is 34.0 Å². The van der Waals surface area contributed by atoms with Gasteiger partial charge in [0.25, 0.3) is 5.91 Å². The third kappa shape index (κ3) is 4.27. The summed E-state index contributed by atoms with van der Waals surface area (Å²) in [6.07, 6.45) is 5.88. The number of nitrogens with one attached hydrogen (secondary N) is 1. The highest BCUT2D eigenvalue weighted by Gasteiger charge is 2.47. The minimum atomic E-state index is -0.00688. The van der Waals surface area contributed by atoms with Gasteiger partial charge >= 0.3 is 0 Å². The van der Waals surface area contributed by atoms with E-state index in [1.165, 1.54) is 19.2 Å². The maximum absolute atomic E-state index is 13.7. The molecule has 4 aromatic heterocycles. The summed E-state index contributed by atoms with van der Waals surface area (Å²) in [5.41, 5.74) is 16.2. The van der Waals surface area contributed by atoms with Gasteiger partial charge in [0.2, 0.25) is 0 Å². The number of anilines is 3. The van der Waals surface area contributed by atoms with E-state index < -0.39 is 0 Å². The van der Waals surface area contributed by atoms with E-state index in [0.29, 0.717) is 52.7 Å². The van der Waals surface area contributed by atoms with E-state index in [1.54, 1.807) is 13.2 Å². The molecule has 5 N–H and O–H groups in total. The molecule has 5 heterocycles. The standard InChI is InChI=1S/C31H34N10O2/c1-39-28-20(9-19(11-23(28)43-2)31(42)41-14-18-5-7-21(41)27(18)33)36-30(39)22-10-17-6-8-25(37-26-12-24(32)34-15-35-26)38-29(17)40(22)13-16-3-4-16/h6,8-12,15-16,18,21,27H,3-5,7,13-14,33H2,1-2H3,(H3,32,34,35,37,38)/t18-,21-,27-/m1/s1. The molecule has 5 aromatic rings. The molecule has 3 aliphatic rings. The molecule has 0 spiro atoms. The van der Waals surface area contributed by atoms with Crippen LogP contribution in [0.15, 0.2) is 42.7 Å². The number of piperidine rings is 1. The van der Waals surface area contributed by atoms with Gasteiger partial charge in [0.15, 0.2) is 5.82 Å². The van der Waals surface area contributed by atoms with Crippen LogP contribution in [0, 0.1) is 11.8 Å². The molecule has 0 unspecified atom stereocenters. The van der Waals surface area contributed by atoms with Gasteiger partial charge in [0.05, 0.1) is 18.3 Å². The van der Waals surface area contributed by atoms with Crippen LogP contribution in [0.4, 0.5) is 17.5 Å². The number of carbonyl (C=O) groups excluding carboxylic acids is 1. The Bertz CT molecular complexity index is 1910. The second kappa shape index (κ2) is 9.66. The van der Waals surface area contributed by atoms with Gasteiger partial charge in [-0.25, -0.2) is 19.9 Å². The number of pyridine rings is 1. The van der Waals surface area contributed by atoms with Crippen LogP contribution in [-0.2, 0) is 13.6 Å². The van der Waals surface area contributed by atoms with Gasteiger partial charge in [0.1, 0.15) is 40.7 Å². The maximum atomic E-state index is 13.7. The molecule has 1 amide bonds. The van der Waals surface area contributed by atoms with E-state index in [-0.39, 0.29) is 18.0 Å². The van der Waals surface area contributed by atoms with Crippen molar-refractivity contribution in [2.75, 3.05) is 24.7 Å². The van der Waals surface area contributed by atoms with Gasteiger partial charge in [-0.15, -0.1) is 0 Å². The Hall–Kier alpha value is -4.71. The van der Waals surface area contributed by atoms with Gasteiger partial charge in [-0.2, -0.15) is 0 Å². The monoisotopic (exact) mass is 578 g/mol. The fraction of sp³-hybridized carbons (Fsp3) is 0.387. The number of amides is 1. The lowest BCUT2D eigenvalue weighted by molar-refractivity contribution is 0.0700. The number of benzene rings is 1. The zero-order valence-corrected chi connectivity index (χ0v) is 24.2. The molecule has 1 aromatic carbocycles. The number of methoxy groups -OCH3 is 1. The number of hydrogen-bond donors (Lipinski definition) is 3. The van der Waals surface area contributed by atoms with E-state index in [4.69, 9.17) is 26.2 Å². The fourth-order valence-corrected chi connectivity index (χ4v) is 6.96. The molecule has 220 valence electrons. The molecule has 2 saturated carbocycles. The Labute approximate surface area is 248 Å². The number of imidazole rings is 1. The molecule has 43 heavy (non-hydrogen) atoms. The zero-order chi connectivity index (χ0) is 29.4. The largest absolute Gasteiger partial charge is 0.494 e. The van der Waals surface area contributed by atoms with E-state index in [0.717, 1.165) is 47.5 Å². The van der Waals surface area contributed by atoms with Crippen molar-refractivity contribution in [2.24, 2.45) is 24.6 Å². The number of nitrogens with two attached hydrogens (primary N) is 2. The van der Waals surface area contributed by atoms with Crippen molar-refractivity contribution < 1.29 is 9.53 Å². The number of fused-ring (bicyclic) bond motifs is 4. The summed E-state index contributed by atoms with van der Waals surface area (Å²) in [6, 6.07) is 11.7. The van der Waals surface area contributed by atoms with Crippen molar-refractivity contribution in [1.29, 1.82) is 0 Å². The highest BCUT2D eigenvalue weighted by atomic mass is 16.5. The molecule has 8 rings (SSSR count). The van der Waals surface area contributed by atoms with Crippen molar-refractivity contribution >= 4 is 45.4 Å². The molecule has 12 nitrogen and oxygen atoms in total. The summed E-state index contributed by atoms with van der Waals surface area (Å²) in [6.45, 7) is 1.56. The third-order valence-corrected chi connectivity index (χ3v) is 9.37. The lowest BCUT2D eigenvalue weighted by Gasteiger charge is -2.27. The number of aromatic nitrogens is 6. The number of nitrogen functional groups attached to an aromatic ring is 1. The van der Waals surface area contributed by atoms with E-state index in [2.05, 4.69) is 36.6 Å². The first-order valence-electron chi connectivity index (χ1n) is 14.8. The molecular weight excluding hydrogens is 544 g/mol. The number of aryl methyl sites for hydroxylation is 1. The van der Waals surface area contributed by atoms with Gasteiger partial charge in [-0.1, -0.05) is 0 Å². The first-order valence-corrected chi connectivity index (χ1v) is 14.8. The average Bonchev–Trinajstić information content (AvgIpc) is 3.41. The quantitative estimate of drug-likeness (QED) is 0.262. The molecule has 2 aliphatic carbocycles. The number of carbonyl (C=O) groups is 1. The van der Waals surface area contributed by atoms with Crippen LogP contribution in [0.3, 0.4) is 0 Å². The lowest BCUT2D eigenvalue weighted by atomic mass is 10.1. The van der Waals surface area contributed by atoms with E-state index in [9.17, 15) is 4.79 Å². The highest BCUT2D eigenvalue weighted by molar-refractivity contribution is 6.00. The number of nitrogens with zero attached hydrogens (tertiary/aromatic N) is 7. The van der Waals surface area contributed by atoms with Gasteiger partial charge in [0, 0.05) is 49.2 Å². The summed E-state index contributed by atoms with van der Waals surface area (Å²) in [5.74, 6) is 4.02. The molecule has 3 fully saturated rings. The Kier molecular flexibility index (Phi) is 5.83. The number of likely N-dealkylation sites (tertiary alicyclic amines) is 1. The Morgan fingerprint density at radius 2 is 1.93 bits per heavy atom. The van der Waals surface area contributed by atoms with Crippen LogP contribution in [0.2, 0.25) is 0 Å². The third-order valence-electron chi connectivity index (χ3n) is 9.37. The minimum Gasteiger partial charge on any atom is -0.494 e. The van der Waals surface area contributed by atoms with Crippen LogP contribution >= 0.6 is 0 Å². The minimum absolute atomic E-state index is 0.00688. The predicted molar refractivity (Wildman–Crippen MR) is 164 cm³/mol. The molecule has 12 heteroatoms. The summed E-state index contributed by atoms with van der Waals surface area (Å²) in [4.78, 5) is 33.9. The second-order valence-corrected chi connectivity index (χ2v) is 12.1. The van der Waals surface area contributed by atoms with Gasteiger partial charge < -0.3 is 35.6 Å². The van der Waals surface area contributed by atoms with Crippen LogP contribution < -0.4 is 21.5 Å². The average molecular weight is 579 g/mol. The maximum Gasteiger partial charge on any atom is 0.254 e. The van der Waals surface area contributed by atoms with Crippen molar-refractivity contribution in [3.8, 4) is 17.3 Å². The first kappa shape index (κ1) is 26.0. The number of rotatable bonds is 7. The molecule has 0 radical (unpaired) electrons. The molecule has 1 saturated heterocycles. The summed E-state index contributed by atoms with van der Waals surface area (Å²) < 4.78 is 10.1. The lowest BCUT2D eigenvalue weighted by Crippen LogP contribution is -2.41. The molecule has 1 aliphatic heterocycles. The first-order chi connectivity index (χ1) is 20.9. The zero-order valence-electron chi connectivity index (χ0n) is 24.2. The molecular formula is C31H34N10O2. The molecule has 3 atom stereocenters. The van der Waals surface area contributed by atoms with E-state index >= 15 is 0 Å². The number of hydrogen-bond acceptors (Lipinski definition) is 9. The predicted octanol–water partition coefficient (Wildman–Crippen LogP) is 3.69. The highest BCUT2D eigenvalue weighted by Crippen LogP contribution is 2.40. The smallest absolute Gasteiger partial charge is 0.254 e. The SMILES string of the molecule is COc1cc(C(=O)N2C[C@H]3CC[C@@H]2[C@@H]3N)cc2nc(-c3cc4ccc(Nc5cc(N)ncn5)nc4n3CC3CC3)n(C)c12. The summed E-state index contributed by atoms with van der Waals surface area (Å²) in [7, 11) is 3.63.